The summed E-state index contributed by atoms with van der Waals surface area (Å²) < 4.78 is 6.08. The molecule has 3 aromatic rings. The Morgan fingerprint density at radius 1 is 0.743 bits per heavy atom. The molecule has 3 nitrogen and oxygen atoms in total. The van der Waals surface area contributed by atoms with Gasteiger partial charge in [-0.2, -0.15) is 0 Å². The molecule has 0 saturated heterocycles. The standard InChI is InChI=1S/C32H41NO2/c1-7-31(34)35-32(27-17-12-9-13-18-27)25(6)33(21-26-15-10-8-11-16-26)22-30-28(23(2)3)19-14-20-29(30)24(4)5/h8-20,23-25,32H,7,21-22H2,1-6H3/t25-,32-/m0/s1. The summed E-state index contributed by atoms with van der Waals surface area (Å²) in [4.78, 5) is 15.0. The zero-order valence-corrected chi connectivity index (χ0v) is 22.2. The van der Waals surface area contributed by atoms with E-state index < -0.39 is 0 Å². The second-order valence-electron chi connectivity index (χ2n) is 10.0. The lowest BCUT2D eigenvalue weighted by Gasteiger charge is -2.36. The first kappa shape index (κ1) is 26.7. The Morgan fingerprint density at radius 3 is 1.80 bits per heavy atom. The molecule has 186 valence electrons. The van der Waals surface area contributed by atoms with Crippen LogP contribution in [0.25, 0.3) is 0 Å². The SMILES string of the molecule is CCC(=O)O[C@H](c1ccccc1)[C@H](C)N(Cc1ccccc1)Cc1c(C(C)C)cccc1C(C)C. The van der Waals surface area contributed by atoms with Gasteiger partial charge in [0, 0.05) is 25.6 Å². The fourth-order valence-corrected chi connectivity index (χ4v) is 4.76. The van der Waals surface area contributed by atoms with Crippen LogP contribution in [0.1, 0.15) is 93.7 Å². The minimum absolute atomic E-state index is 0.0201. The topological polar surface area (TPSA) is 29.5 Å². The Hall–Kier alpha value is -2.91. The van der Waals surface area contributed by atoms with Gasteiger partial charge in [0.2, 0.25) is 0 Å². The summed E-state index contributed by atoms with van der Waals surface area (Å²) in [5, 5.41) is 0. The molecule has 0 amide bonds. The molecule has 0 spiro atoms. The van der Waals surface area contributed by atoms with Crippen LogP contribution in [-0.2, 0) is 22.6 Å². The molecule has 35 heavy (non-hydrogen) atoms. The van der Waals surface area contributed by atoms with Gasteiger partial charge in [0.05, 0.1) is 0 Å². The van der Waals surface area contributed by atoms with Crippen LogP contribution in [0.5, 0.6) is 0 Å². The first-order valence-corrected chi connectivity index (χ1v) is 13.0. The average Bonchev–Trinajstić information content (AvgIpc) is 2.87. The van der Waals surface area contributed by atoms with E-state index in [4.69, 9.17) is 4.74 Å². The molecule has 0 unspecified atom stereocenters. The number of carbonyl (C=O) groups excluding carboxylic acids is 1. The molecule has 0 radical (unpaired) electrons. The molecule has 0 N–H and O–H groups in total. The van der Waals surface area contributed by atoms with Crippen molar-refractivity contribution >= 4 is 5.97 Å². The molecule has 0 aromatic heterocycles. The van der Waals surface area contributed by atoms with E-state index in [2.05, 4.69) is 100 Å². The van der Waals surface area contributed by atoms with E-state index in [1.54, 1.807) is 0 Å². The fourth-order valence-electron chi connectivity index (χ4n) is 4.76. The Labute approximate surface area is 212 Å². The third-order valence-corrected chi connectivity index (χ3v) is 6.77. The van der Waals surface area contributed by atoms with Gasteiger partial charge in [0.25, 0.3) is 0 Å². The Morgan fingerprint density at radius 2 is 1.29 bits per heavy atom. The number of hydrogen-bond donors (Lipinski definition) is 0. The van der Waals surface area contributed by atoms with E-state index in [1.165, 1.54) is 22.3 Å². The van der Waals surface area contributed by atoms with Crippen LogP contribution in [0.2, 0.25) is 0 Å². The largest absolute Gasteiger partial charge is 0.456 e. The smallest absolute Gasteiger partial charge is 0.306 e. The maximum Gasteiger partial charge on any atom is 0.306 e. The summed E-state index contributed by atoms with van der Waals surface area (Å²) in [7, 11) is 0. The Bertz CT molecular complexity index is 1030. The Balaban J connectivity index is 2.07. The van der Waals surface area contributed by atoms with Gasteiger partial charge in [-0.3, -0.25) is 9.69 Å². The van der Waals surface area contributed by atoms with Gasteiger partial charge in [-0.25, -0.2) is 0 Å². The lowest BCUT2D eigenvalue weighted by molar-refractivity contribution is -0.153. The first-order chi connectivity index (χ1) is 16.8. The van der Waals surface area contributed by atoms with E-state index in [9.17, 15) is 4.79 Å². The number of benzene rings is 3. The normalized spacial score (nSPS) is 13.3. The van der Waals surface area contributed by atoms with Gasteiger partial charge in [-0.05, 0) is 46.6 Å². The molecule has 0 heterocycles. The maximum atomic E-state index is 12.5. The summed E-state index contributed by atoms with van der Waals surface area (Å²) in [6.07, 6.45) is 0.0173. The molecule has 0 aliphatic rings. The zero-order chi connectivity index (χ0) is 25.4. The lowest BCUT2D eigenvalue weighted by Crippen LogP contribution is -2.39. The minimum atomic E-state index is -0.346. The van der Waals surface area contributed by atoms with Crippen molar-refractivity contribution in [1.29, 1.82) is 0 Å². The van der Waals surface area contributed by atoms with Crippen molar-refractivity contribution < 1.29 is 9.53 Å². The zero-order valence-electron chi connectivity index (χ0n) is 22.2. The summed E-state index contributed by atoms with van der Waals surface area (Å²) in [6.45, 7) is 14.7. The van der Waals surface area contributed by atoms with Crippen molar-refractivity contribution in [2.24, 2.45) is 0 Å². The second-order valence-corrected chi connectivity index (χ2v) is 10.0. The molecular formula is C32H41NO2. The van der Waals surface area contributed by atoms with Crippen molar-refractivity contribution in [2.45, 2.75) is 85.0 Å². The number of hydrogen-bond acceptors (Lipinski definition) is 3. The molecule has 3 aromatic carbocycles. The number of ether oxygens (including phenoxy) is 1. The third kappa shape index (κ3) is 7.05. The van der Waals surface area contributed by atoms with Crippen LogP contribution >= 0.6 is 0 Å². The highest BCUT2D eigenvalue weighted by atomic mass is 16.5. The van der Waals surface area contributed by atoms with Gasteiger partial charge in [-0.1, -0.05) is 113 Å². The predicted octanol–water partition coefficient (Wildman–Crippen LogP) is 8.02. The van der Waals surface area contributed by atoms with Crippen LogP contribution in [0.4, 0.5) is 0 Å². The molecule has 0 aliphatic heterocycles. The first-order valence-electron chi connectivity index (χ1n) is 13.0. The number of esters is 1. The number of carbonyl (C=O) groups is 1. The highest BCUT2D eigenvalue weighted by Crippen LogP contribution is 2.33. The van der Waals surface area contributed by atoms with Crippen molar-refractivity contribution in [3.63, 3.8) is 0 Å². The van der Waals surface area contributed by atoms with Crippen molar-refractivity contribution in [3.05, 3.63) is 107 Å². The van der Waals surface area contributed by atoms with Gasteiger partial charge >= 0.3 is 5.97 Å². The van der Waals surface area contributed by atoms with Crippen LogP contribution in [0, 0.1) is 0 Å². The van der Waals surface area contributed by atoms with Crippen molar-refractivity contribution in [2.75, 3.05) is 0 Å². The molecule has 0 fully saturated rings. The molecule has 3 rings (SSSR count). The highest BCUT2D eigenvalue weighted by Gasteiger charge is 2.30. The van der Waals surface area contributed by atoms with E-state index in [1.807, 2.05) is 25.1 Å². The van der Waals surface area contributed by atoms with Gasteiger partial charge in [0.1, 0.15) is 6.10 Å². The molecule has 2 atom stereocenters. The number of nitrogens with zero attached hydrogens (tertiary/aromatic N) is 1. The molecule has 0 bridgehead atoms. The highest BCUT2D eigenvalue weighted by molar-refractivity contribution is 5.69. The Kier molecular flexibility index (Phi) is 9.68. The second kappa shape index (κ2) is 12.7. The molecular weight excluding hydrogens is 430 g/mol. The van der Waals surface area contributed by atoms with E-state index in [-0.39, 0.29) is 18.1 Å². The summed E-state index contributed by atoms with van der Waals surface area (Å²) in [5.74, 6) is 0.691. The van der Waals surface area contributed by atoms with Crippen molar-refractivity contribution in [1.82, 2.24) is 4.90 Å². The predicted molar refractivity (Wildman–Crippen MR) is 145 cm³/mol. The fraction of sp³-hybridized carbons (Fsp3) is 0.406. The molecule has 3 heteroatoms. The van der Waals surface area contributed by atoms with E-state index >= 15 is 0 Å². The van der Waals surface area contributed by atoms with Crippen LogP contribution < -0.4 is 0 Å². The van der Waals surface area contributed by atoms with Gasteiger partial charge < -0.3 is 4.74 Å². The van der Waals surface area contributed by atoms with Gasteiger partial charge in [0.15, 0.2) is 0 Å². The molecule has 0 saturated carbocycles. The average molecular weight is 472 g/mol. The van der Waals surface area contributed by atoms with Crippen LogP contribution in [0.15, 0.2) is 78.9 Å². The minimum Gasteiger partial charge on any atom is -0.456 e. The third-order valence-electron chi connectivity index (χ3n) is 6.77. The van der Waals surface area contributed by atoms with Gasteiger partial charge in [-0.15, -0.1) is 0 Å². The quantitative estimate of drug-likeness (QED) is 0.265. The lowest BCUT2D eigenvalue weighted by atomic mass is 9.88. The summed E-state index contributed by atoms with van der Waals surface area (Å²) in [5.41, 5.74) is 6.46. The molecule has 0 aliphatic carbocycles. The maximum absolute atomic E-state index is 12.5. The number of rotatable bonds is 11. The van der Waals surface area contributed by atoms with E-state index in [0.717, 1.165) is 18.7 Å². The van der Waals surface area contributed by atoms with Crippen molar-refractivity contribution in [3.8, 4) is 0 Å². The summed E-state index contributed by atoms with van der Waals surface area (Å²) >= 11 is 0. The van der Waals surface area contributed by atoms with Crippen LogP contribution in [0.3, 0.4) is 0 Å². The van der Waals surface area contributed by atoms with Crippen LogP contribution in [-0.4, -0.2) is 16.9 Å². The van der Waals surface area contributed by atoms with E-state index in [0.29, 0.717) is 18.3 Å². The monoisotopic (exact) mass is 471 g/mol. The summed E-state index contributed by atoms with van der Waals surface area (Å²) in [6, 6.07) is 27.4.